The van der Waals surface area contributed by atoms with E-state index in [2.05, 4.69) is 30.0 Å². The maximum Gasteiger partial charge on any atom is 0.0606 e. The third kappa shape index (κ3) is 2.68. The van der Waals surface area contributed by atoms with Crippen molar-refractivity contribution in [1.29, 1.82) is 0 Å². The molecule has 1 atom stereocenters. The highest BCUT2D eigenvalue weighted by atomic mass is 16.3. The summed E-state index contributed by atoms with van der Waals surface area (Å²) in [5.41, 5.74) is 8.62. The number of para-hydroxylation sites is 1. The first-order valence-electron chi connectivity index (χ1n) is 7.00. The molecule has 1 aliphatic carbocycles. The summed E-state index contributed by atoms with van der Waals surface area (Å²) in [6, 6.07) is 9.03. The molecule has 1 saturated carbocycles. The van der Waals surface area contributed by atoms with Gasteiger partial charge in [-0.05, 0) is 37.3 Å². The summed E-state index contributed by atoms with van der Waals surface area (Å²) in [7, 11) is 0. The van der Waals surface area contributed by atoms with Gasteiger partial charge in [0, 0.05) is 24.3 Å². The Balaban J connectivity index is 2.27. The SMILES string of the molecule is CC[C@@H](N)c1ccccc1N(CCO)C1CCC1. The lowest BCUT2D eigenvalue weighted by atomic mass is 9.90. The zero-order valence-electron chi connectivity index (χ0n) is 11.2. The molecule has 3 nitrogen and oxygen atoms in total. The highest BCUT2D eigenvalue weighted by molar-refractivity contribution is 5.56. The normalized spacial score (nSPS) is 17.3. The number of hydrogen-bond acceptors (Lipinski definition) is 3. The predicted molar refractivity (Wildman–Crippen MR) is 75.7 cm³/mol. The summed E-state index contributed by atoms with van der Waals surface area (Å²) in [5, 5.41) is 9.28. The molecule has 0 aliphatic heterocycles. The van der Waals surface area contributed by atoms with Crippen molar-refractivity contribution in [3.8, 4) is 0 Å². The fourth-order valence-electron chi connectivity index (χ4n) is 2.59. The third-order valence-corrected chi connectivity index (χ3v) is 3.94. The van der Waals surface area contributed by atoms with Crippen LogP contribution >= 0.6 is 0 Å². The Morgan fingerprint density at radius 2 is 2.11 bits per heavy atom. The Labute approximate surface area is 110 Å². The van der Waals surface area contributed by atoms with Gasteiger partial charge in [-0.15, -0.1) is 0 Å². The van der Waals surface area contributed by atoms with E-state index in [0.29, 0.717) is 12.6 Å². The molecule has 0 spiro atoms. The molecule has 1 aromatic rings. The Morgan fingerprint density at radius 1 is 1.39 bits per heavy atom. The molecular formula is C15H24N2O. The van der Waals surface area contributed by atoms with Gasteiger partial charge in [0.2, 0.25) is 0 Å². The molecule has 0 radical (unpaired) electrons. The van der Waals surface area contributed by atoms with Crippen LogP contribution in [0.3, 0.4) is 0 Å². The minimum absolute atomic E-state index is 0.0856. The maximum atomic E-state index is 9.28. The second kappa shape index (κ2) is 6.21. The molecule has 0 heterocycles. The van der Waals surface area contributed by atoms with E-state index in [1.165, 1.54) is 30.5 Å². The quantitative estimate of drug-likeness (QED) is 0.813. The number of nitrogens with zero attached hydrogens (tertiary/aromatic N) is 1. The zero-order chi connectivity index (χ0) is 13.0. The van der Waals surface area contributed by atoms with Gasteiger partial charge in [0.1, 0.15) is 0 Å². The highest BCUT2D eigenvalue weighted by Crippen LogP contribution is 2.33. The largest absolute Gasteiger partial charge is 0.395 e. The van der Waals surface area contributed by atoms with Gasteiger partial charge in [-0.1, -0.05) is 25.1 Å². The van der Waals surface area contributed by atoms with Crippen LogP contribution in [0, 0.1) is 0 Å². The average Bonchev–Trinajstić information content (AvgIpc) is 2.35. The van der Waals surface area contributed by atoms with Crippen molar-refractivity contribution >= 4 is 5.69 Å². The average molecular weight is 248 g/mol. The maximum absolute atomic E-state index is 9.28. The van der Waals surface area contributed by atoms with Gasteiger partial charge in [-0.3, -0.25) is 0 Å². The van der Waals surface area contributed by atoms with E-state index in [1.807, 2.05) is 6.07 Å². The number of hydrogen-bond donors (Lipinski definition) is 2. The smallest absolute Gasteiger partial charge is 0.0606 e. The van der Waals surface area contributed by atoms with Crippen LogP contribution in [0.4, 0.5) is 5.69 Å². The van der Waals surface area contributed by atoms with E-state index < -0.39 is 0 Å². The number of rotatable bonds is 6. The number of anilines is 1. The molecule has 0 unspecified atom stereocenters. The van der Waals surface area contributed by atoms with Gasteiger partial charge in [0.05, 0.1) is 6.61 Å². The molecule has 0 saturated heterocycles. The van der Waals surface area contributed by atoms with Gasteiger partial charge < -0.3 is 15.7 Å². The standard InChI is InChI=1S/C15H24N2O/c1-2-14(16)13-8-3-4-9-15(13)17(10-11-18)12-6-5-7-12/h3-4,8-9,12,14,18H,2,5-7,10-11,16H2,1H3/t14-/m1/s1. The second-order valence-corrected chi connectivity index (χ2v) is 5.08. The van der Waals surface area contributed by atoms with Crippen molar-refractivity contribution in [2.24, 2.45) is 5.73 Å². The second-order valence-electron chi connectivity index (χ2n) is 5.08. The molecule has 1 aliphatic rings. The molecule has 18 heavy (non-hydrogen) atoms. The topological polar surface area (TPSA) is 49.5 Å². The minimum atomic E-state index is 0.0856. The van der Waals surface area contributed by atoms with E-state index in [0.717, 1.165) is 6.42 Å². The Hall–Kier alpha value is -1.06. The zero-order valence-corrected chi connectivity index (χ0v) is 11.2. The fourth-order valence-corrected chi connectivity index (χ4v) is 2.59. The van der Waals surface area contributed by atoms with Crippen molar-refractivity contribution in [2.75, 3.05) is 18.1 Å². The van der Waals surface area contributed by atoms with Crippen LogP contribution in [0.1, 0.15) is 44.2 Å². The van der Waals surface area contributed by atoms with Crippen LogP contribution in [-0.4, -0.2) is 24.3 Å². The van der Waals surface area contributed by atoms with Gasteiger partial charge in [0.25, 0.3) is 0 Å². The lowest BCUT2D eigenvalue weighted by Crippen LogP contribution is -2.42. The molecule has 0 amide bonds. The van der Waals surface area contributed by atoms with E-state index in [9.17, 15) is 5.11 Å². The summed E-state index contributed by atoms with van der Waals surface area (Å²) in [6.45, 7) is 3.02. The predicted octanol–water partition coefficient (Wildman–Crippen LogP) is 2.45. The minimum Gasteiger partial charge on any atom is -0.395 e. The Bertz CT molecular complexity index is 377. The third-order valence-electron chi connectivity index (χ3n) is 3.94. The highest BCUT2D eigenvalue weighted by Gasteiger charge is 2.26. The first kappa shape index (κ1) is 13.4. The molecule has 100 valence electrons. The van der Waals surface area contributed by atoms with E-state index in [4.69, 9.17) is 5.73 Å². The molecule has 2 rings (SSSR count). The lowest BCUT2D eigenvalue weighted by Gasteiger charge is -2.40. The number of aliphatic hydroxyl groups is 1. The first-order chi connectivity index (χ1) is 8.77. The van der Waals surface area contributed by atoms with E-state index in [1.54, 1.807) is 0 Å². The van der Waals surface area contributed by atoms with Gasteiger partial charge in [-0.25, -0.2) is 0 Å². The summed E-state index contributed by atoms with van der Waals surface area (Å²) >= 11 is 0. The molecular weight excluding hydrogens is 224 g/mol. The number of nitrogens with two attached hydrogens (primary N) is 1. The van der Waals surface area contributed by atoms with Gasteiger partial charge in [0.15, 0.2) is 0 Å². The van der Waals surface area contributed by atoms with Crippen molar-refractivity contribution < 1.29 is 5.11 Å². The van der Waals surface area contributed by atoms with E-state index >= 15 is 0 Å². The Kier molecular flexibility index (Phi) is 4.61. The van der Waals surface area contributed by atoms with Crippen LogP contribution in [0.5, 0.6) is 0 Å². The van der Waals surface area contributed by atoms with Gasteiger partial charge in [-0.2, -0.15) is 0 Å². The van der Waals surface area contributed by atoms with Crippen molar-refractivity contribution in [1.82, 2.24) is 0 Å². The molecule has 0 bridgehead atoms. The first-order valence-corrected chi connectivity index (χ1v) is 7.00. The number of benzene rings is 1. The van der Waals surface area contributed by atoms with Crippen molar-refractivity contribution in [2.45, 2.75) is 44.7 Å². The van der Waals surface area contributed by atoms with Crippen molar-refractivity contribution in [3.05, 3.63) is 29.8 Å². The number of aliphatic hydroxyl groups excluding tert-OH is 1. The molecule has 1 fully saturated rings. The van der Waals surface area contributed by atoms with Crippen LogP contribution in [0.15, 0.2) is 24.3 Å². The van der Waals surface area contributed by atoms with Crippen LogP contribution in [0.25, 0.3) is 0 Å². The lowest BCUT2D eigenvalue weighted by molar-refractivity contribution is 0.283. The molecule has 3 heteroatoms. The fraction of sp³-hybridized carbons (Fsp3) is 0.600. The molecule has 1 aromatic carbocycles. The summed E-state index contributed by atoms with van der Waals surface area (Å²) in [4.78, 5) is 2.34. The monoisotopic (exact) mass is 248 g/mol. The van der Waals surface area contributed by atoms with Crippen LogP contribution < -0.4 is 10.6 Å². The summed E-state index contributed by atoms with van der Waals surface area (Å²) in [6.07, 6.45) is 4.70. The summed E-state index contributed by atoms with van der Waals surface area (Å²) < 4.78 is 0. The van der Waals surface area contributed by atoms with E-state index in [-0.39, 0.29) is 12.6 Å². The molecule has 0 aromatic heterocycles. The van der Waals surface area contributed by atoms with Crippen LogP contribution in [0.2, 0.25) is 0 Å². The Morgan fingerprint density at radius 3 is 2.67 bits per heavy atom. The molecule has 3 N–H and O–H groups in total. The van der Waals surface area contributed by atoms with Crippen molar-refractivity contribution in [3.63, 3.8) is 0 Å². The van der Waals surface area contributed by atoms with Gasteiger partial charge >= 0.3 is 0 Å². The summed E-state index contributed by atoms with van der Waals surface area (Å²) in [5.74, 6) is 0. The van der Waals surface area contributed by atoms with Crippen LogP contribution in [-0.2, 0) is 0 Å².